The van der Waals surface area contributed by atoms with Gasteiger partial charge in [0, 0.05) is 43.1 Å². The van der Waals surface area contributed by atoms with Crippen molar-refractivity contribution in [2.75, 3.05) is 19.7 Å². The zero-order chi connectivity index (χ0) is 20.0. The maximum absolute atomic E-state index is 14.3. The van der Waals surface area contributed by atoms with Crippen LogP contribution in [0.4, 0.5) is 4.39 Å². The molecule has 1 aliphatic carbocycles. The highest BCUT2D eigenvalue weighted by Gasteiger charge is 2.66. The molecule has 2 heterocycles. The molecule has 2 aromatic carbocycles. The second-order valence-electron chi connectivity index (χ2n) is 8.78. The first-order valence-corrected chi connectivity index (χ1v) is 10.6. The quantitative estimate of drug-likeness (QED) is 0.847. The van der Waals surface area contributed by atoms with Crippen molar-refractivity contribution in [1.82, 2.24) is 9.80 Å². The molecule has 2 saturated heterocycles. The number of aliphatic hydroxyl groups is 1. The molecule has 0 unspecified atom stereocenters. The molecule has 5 heteroatoms. The molecule has 29 heavy (non-hydrogen) atoms. The number of amides is 1. The number of likely N-dealkylation sites (tertiary alicyclic amines) is 2. The van der Waals surface area contributed by atoms with Crippen LogP contribution in [-0.4, -0.2) is 52.1 Å². The normalized spacial score (nSPS) is 25.9. The highest BCUT2D eigenvalue weighted by atomic mass is 19.1. The number of hydrogen-bond donors (Lipinski definition) is 1. The molecular formula is C24H27FN2O2. The van der Waals surface area contributed by atoms with Crippen molar-refractivity contribution in [3.05, 3.63) is 71.5 Å². The van der Waals surface area contributed by atoms with Gasteiger partial charge in [0.05, 0.1) is 12.1 Å². The van der Waals surface area contributed by atoms with Crippen LogP contribution >= 0.6 is 0 Å². The van der Waals surface area contributed by atoms with E-state index >= 15 is 0 Å². The summed E-state index contributed by atoms with van der Waals surface area (Å²) in [6, 6.07) is 17.0. The summed E-state index contributed by atoms with van der Waals surface area (Å²) in [7, 11) is 0. The van der Waals surface area contributed by atoms with Gasteiger partial charge in [0.1, 0.15) is 5.82 Å². The number of nitrogens with zero attached hydrogens (tertiary/aromatic N) is 2. The summed E-state index contributed by atoms with van der Waals surface area (Å²) < 4.78 is 14.3. The van der Waals surface area contributed by atoms with Crippen LogP contribution in [0.3, 0.4) is 0 Å². The second-order valence-corrected chi connectivity index (χ2v) is 8.78. The van der Waals surface area contributed by atoms with Crippen LogP contribution in [0.25, 0.3) is 0 Å². The minimum atomic E-state index is -0.226. The van der Waals surface area contributed by atoms with Gasteiger partial charge < -0.3 is 10.0 Å². The van der Waals surface area contributed by atoms with Crippen molar-refractivity contribution in [2.24, 2.45) is 5.92 Å². The van der Waals surface area contributed by atoms with Crippen LogP contribution in [-0.2, 0) is 11.3 Å². The molecule has 4 nitrogen and oxygen atoms in total. The third-order valence-corrected chi connectivity index (χ3v) is 7.28. The number of carbonyl (C=O) groups is 1. The lowest BCUT2D eigenvalue weighted by molar-refractivity contribution is -0.203. The van der Waals surface area contributed by atoms with Crippen molar-refractivity contribution >= 4 is 5.91 Å². The van der Waals surface area contributed by atoms with E-state index in [1.807, 2.05) is 35.2 Å². The molecule has 5 rings (SSSR count). The lowest BCUT2D eigenvalue weighted by Gasteiger charge is -2.71. The van der Waals surface area contributed by atoms with Gasteiger partial charge in [0.25, 0.3) is 0 Å². The molecule has 0 aromatic heterocycles. The fourth-order valence-corrected chi connectivity index (χ4v) is 5.51. The van der Waals surface area contributed by atoms with Crippen molar-refractivity contribution < 1.29 is 14.3 Å². The zero-order valence-corrected chi connectivity index (χ0v) is 16.5. The minimum absolute atomic E-state index is 0.0202. The minimum Gasteiger partial charge on any atom is -0.395 e. The smallest absolute Gasteiger partial charge is 0.225 e. The summed E-state index contributed by atoms with van der Waals surface area (Å²) >= 11 is 0. The van der Waals surface area contributed by atoms with Gasteiger partial charge in [-0.15, -0.1) is 0 Å². The maximum Gasteiger partial charge on any atom is 0.225 e. The van der Waals surface area contributed by atoms with Crippen LogP contribution in [0.15, 0.2) is 54.6 Å². The van der Waals surface area contributed by atoms with Crippen LogP contribution in [0.2, 0.25) is 0 Å². The Morgan fingerprint density at radius 1 is 1.07 bits per heavy atom. The fourth-order valence-electron chi connectivity index (χ4n) is 5.51. The van der Waals surface area contributed by atoms with Crippen molar-refractivity contribution in [1.29, 1.82) is 0 Å². The zero-order valence-electron chi connectivity index (χ0n) is 16.5. The molecule has 1 spiro atoms. The van der Waals surface area contributed by atoms with Crippen LogP contribution < -0.4 is 0 Å². The second kappa shape index (κ2) is 7.22. The van der Waals surface area contributed by atoms with E-state index < -0.39 is 0 Å². The van der Waals surface area contributed by atoms with Gasteiger partial charge in [-0.3, -0.25) is 9.69 Å². The van der Waals surface area contributed by atoms with Gasteiger partial charge in [-0.1, -0.05) is 55.0 Å². The van der Waals surface area contributed by atoms with Gasteiger partial charge in [-0.05, 0) is 24.5 Å². The Hall–Kier alpha value is -2.24. The van der Waals surface area contributed by atoms with Gasteiger partial charge >= 0.3 is 0 Å². The Morgan fingerprint density at radius 3 is 2.38 bits per heavy atom. The van der Waals surface area contributed by atoms with Crippen LogP contribution in [0.1, 0.15) is 36.3 Å². The third-order valence-electron chi connectivity index (χ3n) is 7.28. The van der Waals surface area contributed by atoms with Crippen molar-refractivity contribution in [3.63, 3.8) is 0 Å². The van der Waals surface area contributed by atoms with E-state index in [1.54, 1.807) is 6.07 Å². The van der Waals surface area contributed by atoms with E-state index in [1.165, 1.54) is 11.6 Å². The van der Waals surface area contributed by atoms with Crippen molar-refractivity contribution in [3.8, 4) is 0 Å². The standard InChI is InChI=1S/C24H27FN2O2/c25-20-12-5-4-9-19(20)13-27-21(14-28)22(17-7-2-1-3-8-17)24(27)15-26(16-24)23(29)18-10-6-11-18/h1-5,7-9,12,18,21-22,28H,6,10-11,13-16H2/t21-,22-/m1/s1. The first-order chi connectivity index (χ1) is 14.1. The summed E-state index contributed by atoms with van der Waals surface area (Å²) in [5.41, 5.74) is 1.60. The Morgan fingerprint density at radius 2 is 1.76 bits per heavy atom. The highest BCUT2D eigenvalue weighted by molar-refractivity contribution is 5.81. The predicted molar refractivity (Wildman–Crippen MR) is 109 cm³/mol. The molecule has 0 radical (unpaired) electrons. The SMILES string of the molecule is O=C(C1CCC1)N1CC2(C1)[C@H](c1ccccc1)[C@@H](CO)N2Cc1ccccc1F. The van der Waals surface area contributed by atoms with Gasteiger partial charge in [0.15, 0.2) is 0 Å². The maximum atomic E-state index is 14.3. The first kappa shape index (κ1) is 18.8. The number of aliphatic hydroxyl groups excluding tert-OH is 1. The Labute approximate surface area is 170 Å². The first-order valence-electron chi connectivity index (χ1n) is 10.6. The van der Waals surface area contributed by atoms with E-state index in [-0.39, 0.29) is 41.7 Å². The third kappa shape index (κ3) is 2.90. The molecule has 2 aromatic rings. The van der Waals surface area contributed by atoms with E-state index in [4.69, 9.17) is 0 Å². The molecule has 3 fully saturated rings. The van der Waals surface area contributed by atoms with Gasteiger partial charge in [0.2, 0.25) is 5.91 Å². The molecule has 3 aliphatic rings. The summed E-state index contributed by atoms with van der Waals surface area (Å²) in [5.74, 6) is 0.387. The van der Waals surface area contributed by atoms with Crippen LogP contribution in [0.5, 0.6) is 0 Å². The molecule has 2 aliphatic heterocycles. The molecule has 1 saturated carbocycles. The van der Waals surface area contributed by atoms with E-state index in [9.17, 15) is 14.3 Å². The Balaban J connectivity index is 1.43. The highest BCUT2D eigenvalue weighted by Crippen LogP contribution is 2.55. The summed E-state index contributed by atoms with van der Waals surface area (Å²) in [5, 5.41) is 10.2. The average Bonchev–Trinajstić information content (AvgIpc) is 2.64. The van der Waals surface area contributed by atoms with Gasteiger partial charge in [-0.25, -0.2) is 4.39 Å². The number of benzene rings is 2. The summed E-state index contributed by atoms with van der Waals surface area (Å²) in [6.07, 6.45) is 3.15. The van der Waals surface area contributed by atoms with E-state index in [2.05, 4.69) is 17.0 Å². The number of rotatable bonds is 5. The largest absolute Gasteiger partial charge is 0.395 e. The molecule has 0 bridgehead atoms. The Kier molecular flexibility index (Phi) is 4.67. The predicted octanol–water partition coefficient (Wildman–Crippen LogP) is 3.17. The Bertz CT molecular complexity index is 893. The fraction of sp³-hybridized carbons (Fsp3) is 0.458. The molecule has 2 atom stereocenters. The number of hydrogen-bond acceptors (Lipinski definition) is 3. The summed E-state index contributed by atoms with van der Waals surface area (Å²) in [6.45, 7) is 1.79. The topological polar surface area (TPSA) is 43.8 Å². The van der Waals surface area contributed by atoms with Crippen LogP contribution in [0, 0.1) is 11.7 Å². The number of halogens is 1. The van der Waals surface area contributed by atoms with E-state index in [0.717, 1.165) is 19.3 Å². The molecule has 1 amide bonds. The molecule has 1 N–H and O–H groups in total. The average molecular weight is 394 g/mol. The van der Waals surface area contributed by atoms with E-state index in [0.29, 0.717) is 25.2 Å². The monoisotopic (exact) mass is 394 g/mol. The summed E-state index contributed by atoms with van der Waals surface area (Å²) in [4.78, 5) is 17.0. The number of carbonyl (C=O) groups excluding carboxylic acids is 1. The van der Waals surface area contributed by atoms with Crippen molar-refractivity contribution in [2.45, 2.75) is 43.3 Å². The molecule has 152 valence electrons. The lowest BCUT2D eigenvalue weighted by atomic mass is 9.60. The molecular weight excluding hydrogens is 367 g/mol. The van der Waals surface area contributed by atoms with Gasteiger partial charge in [-0.2, -0.15) is 0 Å². The lowest BCUT2D eigenvalue weighted by Crippen LogP contribution is -2.85.